The van der Waals surface area contributed by atoms with Crippen molar-refractivity contribution in [2.24, 2.45) is 0 Å². The van der Waals surface area contributed by atoms with Gasteiger partial charge < -0.3 is 0 Å². The van der Waals surface area contributed by atoms with Gasteiger partial charge in [-0.3, -0.25) is 14.5 Å². The van der Waals surface area contributed by atoms with Crippen molar-refractivity contribution in [1.82, 2.24) is 19.4 Å². The number of nitro benzene ring substituents is 1. The first-order chi connectivity index (χ1) is 12.5. The number of hydrogen-bond donors (Lipinski definition) is 0. The van der Waals surface area contributed by atoms with E-state index in [9.17, 15) is 14.5 Å². The molecule has 4 aromatic rings. The molecule has 0 fully saturated rings. The molecule has 0 spiro atoms. The molecule has 0 amide bonds. The predicted molar refractivity (Wildman–Crippen MR) is 93.3 cm³/mol. The van der Waals surface area contributed by atoms with Gasteiger partial charge >= 0.3 is 0 Å². The van der Waals surface area contributed by atoms with Crippen molar-refractivity contribution in [3.63, 3.8) is 0 Å². The van der Waals surface area contributed by atoms with Crippen molar-refractivity contribution in [2.45, 2.75) is 0 Å². The monoisotopic (exact) mass is 369 g/mol. The van der Waals surface area contributed by atoms with Crippen LogP contribution in [0, 0.1) is 15.9 Å². The fraction of sp³-hybridized carbons (Fsp3) is 0. The van der Waals surface area contributed by atoms with E-state index in [1.807, 2.05) is 0 Å². The number of nitro groups is 1. The minimum atomic E-state index is -0.486. The Bertz CT molecular complexity index is 1160. The summed E-state index contributed by atoms with van der Waals surface area (Å²) in [7, 11) is 0. The van der Waals surface area contributed by atoms with Crippen LogP contribution in [0.2, 0.25) is 5.28 Å². The lowest BCUT2D eigenvalue weighted by atomic mass is 10.1. The molecule has 3 heterocycles. The number of benzene rings is 1. The van der Waals surface area contributed by atoms with Crippen LogP contribution >= 0.6 is 11.6 Å². The highest BCUT2D eigenvalue weighted by Gasteiger charge is 2.19. The van der Waals surface area contributed by atoms with Gasteiger partial charge in [0.05, 0.1) is 22.0 Å². The molecular weight excluding hydrogens is 361 g/mol. The molecule has 0 N–H and O–H groups in total. The standard InChI is InChI=1S/C17H9ClFN5O2/c18-17-20-7-6-13(21-17)16-15(10-2-1-3-12(8-10)24(25)26)22-14-5-4-11(19)9-23(14)16/h1-9H. The van der Waals surface area contributed by atoms with Crippen LogP contribution in [0.5, 0.6) is 0 Å². The summed E-state index contributed by atoms with van der Waals surface area (Å²) in [6.07, 6.45) is 2.75. The molecule has 7 nitrogen and oxygen atoms in total. The Balaban J connectivity index is 2.05. The zero-order chi connectivity index (χ0) is 18.3. The molecule has 0 saturated heterocycles. The Kier molecular flexibility index (Phi) is 3.81. The van der Waals surface area contributed by atoms with Gasteiger partial charge in [0.2, 0.25) is 5.28 Å². The molecule has 128 valence electrons. The first kappa shape index (κ1) is 16.1. The molecule has 4 rings (SSSR count). The lowest BCUT2D eigenvalue weighted by molar-refractivity contribution is -0.384. The number of rotatable bonds is 3. The Morgan fingerprint density at radius 3 is 2.77 bits per heavy atom. The zero-order valence-corrected chi connectivity index (χ0v) is 13.8. The number of non-ortho nitro benzene ring substituents is 1. The van der Waals surface area contributed by atoms with Crippen molar-refractivity contribution in [2.75, 3.05) is 0 Å². The summed E-state index contributed by atoms with van der Waals surface area (Å²) >= 11 is 5.89. The summed E-state index contributed by atoms with van der Waals surface area (Å²) in [5.41, 5.74) is 2.21. The third-order valence-corrected chi connectivity index (χ3v) is 3.96. The van der Waals surface area contributed by atoms with Crippen molar-refractivity contribution in [3.05, 3.63) is 76.1 Å². The summed E-state index contributed by atoms with van der Waals surface area (Å²) in [6, 6.07) is 10.5. The summed E-state index contributed by atoms with van der Waals surface area (Å²) in [5, 5.41) is 11.1. The second-order valence-electron chi connectivity index (χ2n) is 5.40. The van der Waals surface area contributed by atoms with Crippen LogP contribution in [0.25, 0.3) is 28.3 Å². The van der Waals surface area contributed by atoms with E-state index in [0.717, 1.165) is 0 Å². The highest BCUT2D eigenvalue weighted by molar-refractivity contribution is 6.28. The molecule has 1 aromatic carbocycles. The maximum absolute atomic E-state index is 13.8. The lowest BCUT2D eigenvalue weighted by Crippen LogP contribution is -1.95. The third-order valence-electron chi connectivity index (χ3n) is 3.78. The van der Waals surface area contributed by atoms with Gasteiger partial charge in [-0.05, 0) is 29.8 Å². The van der Waals surface area contributed by atoms with Crippen LogP contribution < -0.4 is 0 Å². The van der Waals surface area contributed by atoms with Gasteiger partial charge in [-0.1, -0.05) is 12.1 Å². The topological polar surface area (TPSA) is 86.2 Å². The first-order valence-electron chi connectivity index (χ1n) is 7.44. The number of pyridine rings is 1. The maximum Gasteiger partial charge on any atom is 0.270 e. The molecule has 0 unspecified atom stereocenters. The Labute approximate surface area is 150 Å². The molecule has 3 aromatic heterocycles. The van der Waals surface area contributed by atoms with Crippen molar-refractivity contribution >= 4 is 22.9 Å². The average Bonchev–Trinajstić information content (AvgIpc) is 3.00. The maximum atomic E-state index is 13.8. The van der Waals surface area contributed by atoms with E-state index in [2.05, 4.69) is 15.0 Å². The number of hydrogen-bond acceptors (Lipinski definition) is 5. The highest BCUT2D eigenvalue weighted by Crippen LogP contribution is 2.33. The fourth-order valence-electron chi connectivity index (χ4n) is 2.70. The van der Waals surface area contributed by atoms with E-state index >= 15 is 0 Å². The molecule has 0 saturated carbocycles. The van der Waals surface area contributed by atoms with Crippen LogP contribution in [0.4, 0.5) is 10.1 Å². The Morgan fingerprint density at radius 2 is 2.00 bits per heavy atom. The van der Waals surface area contributed by atoms with Crippen LogP contribution in [0.15, 0.2) is 54.9 Å². The second kappa shape index (κ2) is 6.16. The predicted octanol–water partition coefficient (Wildman–Crippen LogP) is 4.16. The van der Waals surface area contributed by atoms with Gasteiger partial charge in [-0.15, -0.1) is 0 Å². The molecular formula is C17H9ClFN5O2. The molecule has 0 radical (unpaired) electrons. The summed E-state index contributed by atoms with van der Waals surface area (Å²) in [4.78, 5) is 23.1. The minimum absolute atomic E-state index is 0.0267. The van der Waals surface area contributed by atoms with Gasteiger partial charge in [0.15, 0.2) is 0 Å². The largest absolute Gasteiger partial charge is 0.295 e. The quantitative estimate of drug-likeness (QED) is 0.307. The molecule has 26 heavy (non-hydrogen) atoms. The number of aromatic nitrogens is 4. The molecule has 0 aliphatic rings. The smallest absolute Gasteiger partial charge is 0.270 e. The summed E-state index contributed by atoms with van der Waals surface area (Å²) in [6.45, 7) is 0. The van der Waals surface area contributed by atoms with E-state index in [-0.39, 0.29) is 11.0 Å². The minimum Gasteiger partial charge on any atom is -0.295 e. The summed E-state index contributed by atoms with van der Waals surface area (Å²) < 4.78 is 15.3. The van der Waals surface area contributed by atoms with E-state index in [1.54, 1.807) is 18.2 Å². The molecule has 0 aliphatic heterocycles. The van der Waals surface area contributed by atoms with Crippen molar-refractivity contribution in [1.29, 1.82) is 0 Å². The Hall–Kier alpha value is -3.39. The van der Waals surface area contributed by atoms with Crippen LogP contribution in [0.3, 0.4) is 0 Å². The van der Waals surface area contributed by atoms with Crippen LogP contribution in [0.1, 0.15) is 0 Å². The number of halogens is 2. The third kappa shape index (κ3) is 2.76. The van der Waals surface area contributed by atoms with Crippen LogP contribution in [-0.2, 0) is 0 Å². The van der Waals surface area contributed by atoms with Crippen molar-refractivity contribution < 1.29 is 9.31 Å². The van der Waals surface area contributed by atoms with E-state index in [1.165, 1.54) is 41.1 Å². The van der Waals surface area contributed by atoms with Gasteiger partial charge in [0.25, 0.3) is 5.69 Å². The van der Waals surface area contributed by atoms with Gasteiger partial charge in [0.1, 0.15) is 11.5 Å². The lowest BCUT2D eigenvalue weighted by Gasteiger charge is -2.05. The van der Waals surface area contributed by atoms with E-state index in [0.29, 0.717) is 28.3 Å². The zero-order valence-electron chi connectivity index (χ0n) is 13.0. The van der Waals surface area contributed by atoms with Gasteiger partial charge in [-0.25, -0.2) is 19.3 Å². The normalized spacial score (nSPS) is 11.0. The number of nitrogens with zero attached hydrogens (tertiary/aromatic N) is 5. The van der Waals surface area contributed by atoms with Crippen LogP contribution in [-0.4, -0.2) is 24.3 Å². The SMILES string of the molecule is O=[N+]([O-])c1cccc(-c2nc3ccc(F)cn3c2-c2ccnc(Cl)n2)c1. The molecule has 0 aliphatic carbocycles. The number of imidazole rings is 1. The van der Waals surface area contributed by atoms with Gasteiger partial charge in [0, 0.05) is 30.1 Å². The Morgan fingerprint density at radius 1 is 1.15 bits per heavy atom. The van der Waals surface area contributed by atoms with Crippen molar-refractivity contribution in [3.8, 4) is 22.6 Å². The summed E-state index contributed by atoms with van der Waals surface area (Å²) in [5.74, 6) is -0.457. The second-order valence-corrected chi connectivity index (χ2v) is 5.74. The molecule has 0 bridgehead atoms. The molecule has 0 atom stereocenters. The fourth-order valence-corrected chi connectivity index (χ4v) is 2.85. The highest BCUT2D eigenvalue weighted by atomic mass is 35.5. The van der Waals surface area contributed by atoms with E-state index < -0.39 is 10.7 Å². The van der Waals surface area contributed by atoms with E-state index in [4.69, 9.17) is 11.6 Å². The number of fused-ring (bicyclic) bond motifs is 1. The molecule has 9 heteroatoms. The first-order valence-corrected chi connectivity index (χ1v) is 7.82. The van der Waals surface area contributed by atoms with Gasteiger partial charge in [-0.2, -0.15) is 0 Å². The average molecular weight is 370 g/mol.